The highest BCUT2D eigenvalue weighted by Crippen LogP contribution is 2.31. The Bertz CT molecular complexity index is 372. The summed E-state index contributed by atoms with van der Waals surface area (Å²) in [7, 11) is 0. The van der Waals surface area contributed by atoms with Crippen molar-refractivity contribution in [2.45, 2.75) is 32.2 Å². The highest BCUT2D eigenvalue weighted by Gasteiger charge is 2.24. The van der Waals surface area contributed by atoms with E-state index >= 15 is 0 Å². The molecule has 0 spiro atoms. The summed E-state index contributed by atoms with van der Waals surface area (Å²) in [6.45, 7) is 4.41. The maximum atomic E-state index is 5.86. The minimum absolute atomic E-state index is 0.403. The molecule has 0 aliphatic carbocycles. The molecular formula is C11H15BrClN3. The van der Waals surface area contributed by atoms with Crippen molar-refractivity contribution >= 4 is 27.5 Å². The Kier molecular flexibility index (Phi) is 4.16. The van der Waals surface area contributed by atoms with Crippen molar-refractivity contribution in [2.24, 2.45) is 0 Å². The zero-order valence-electron chi connectivity index (χ0n) is 9.29. The van der Waals surface area contributed by atoms with Gasteiger partial charge in [0.1, 0.15) is 0 Å². The molecule has 1 aromatic heterocycles. The van der Waals surface area contributed by atoms with Crippen LogP contribution in [0.1, 0.15) is 37.9 Å². The summed E-state index contributed by atoms with van der Waals surface area (Å²) in [6.07, 6.45) is 3.71. The number of hydrogen-bond acceptors (Lipinski definition) is 3. The van der Waals surface area contributed by atoms with Crippen LogP contribution in [0.4, 0.5) is 0 Å². The van der Waals surface area contributed by atoms with Crippen LogP contribution in [0.5, 0.6) is 0 Å². The molecule has 0 bridgehead atoms. The zero-order valence-corrected chi connectivity index (χ0v) is 11.6. The number of halogens is 2. The molecule has 0 N–H and O–H groups in total. The third-order valence-corrected chi connectivity index (χ3v) is 4.20. The van der Waals surface area contributed by atoms with Gasteiger partial charge >= 0.3 is 0 Å². The molecule has 1 aliphatic heterocycles. The second-order valence-corrected chi connectivity index (χ2v) is 5.26. The highest BCUT2D eigenvalue weighted by atomic mass is 79.9. The van der Waals surface area contributed by atoms with Crippen LogP contribution in [0.3, 0.4) is 0 Å². The van der Waals surface area contributed by atoms with Gasteiger partial charge in [0.05, 0.1) is 16.2 Å². The molecule has 0 amide bonds. The summed E-state index contributed by atoms with van der Waals surface area (Å²) in [5.74, 6) is 0. The lowest BCUT2D eigenvalue weighted by Crippen LogP contribution is -2.33. The number of rotatable bonds is 2. The monoisotopic (exact) mass is 303 g/mol. The van der Waals surface area contributed by atoms with E-state index < -0.39 is 0 Å². The van der Waals surface area contributed by atoms with E-state index in [1.54, 1.807) is 0 Å². The van der Waals surface area contributed by atoms with Crippen LogP contribution in [0.2, 0.25) is 5.15 Å². The first kappa shape index (κ1) is 12.3. The molecule has 16 heavy (non-hydrogen) atoms. The van der Waals surface area contributed by atoms with Crippen LogP contribution < -0.4 is 0 Å². The van der Waals surface area contributed by atoms with Crippen molar-refractivity contribution in [1.82, 2.24) is 15.1 Å². The van der Waals surface area contributed by atoms with Gasteiger partial charge in [0.25, 0.3) is 0 Å². The molecule has 2 heterocycles. The van der Waals surface area contributed by atoms with Crippen molar-refractivity contribution in [3.05, 3.63) is 21.4 Å². The Morgan fingerprint density at radius 1 is 1.50 bits per heavy atom. The molecule has 0 aromatic carbocycles. The lowest BCUT2D eigenvalue weighted by Gasteiger charge is -2.34. The minimum Gasteiger partial charge on any atom is -0.295 e. The maximum absolute atomic E-state index is 5.86. The molecule has 2 rings (SSSR count). The molecular weight excluding hydrogens is 289 g/mol. The smallest absolute Gasteiger partial charge is 0.165 e. The summed E-state index contributed by atoms with van der Waals surface area (Å²) in [6, 6.07) is 2.40. The van der Waals surface area contributed by atoms with Gasteiger partial charge < -0.3 is 0 Å². The molecule has 1 aromatic rings. The lowest BCUT2D eigenvalue weighted by atomic mass is 9.99. The second kappa shape index (κ2) is 5.43. The van der Waals surface area contributed by atoms with Gasteiger partial charge in [-0.3, -0.25) is 4.90 Å². The predicted molar refractivity (Wildman–Crippen MR) is 68.6 cm³/mol. The van der Waals surface area contributed by atoms with Gasteiger partial charge in [-0.05, 0) is 47.9 Å². The van der Waals surface area contributed by atoms with Crippen LogP contribution in [0.15, 0.2) is 10.5 Å². The predicted octanol–water partition coefficient (Wildman–Crippen LogP) is 3.44. The summed E-state index contributed by atoms with van der Waals surface area (Å²) >= 11 is 9.26. The zero-order chi connectivity index (χ0) is 11.5. The van der Waals surface area contributed by atoms with Gasteiger partial charge in [-0.2, -0.15) is 5.10 Å². The first-order chi connectivity index (χ1) is 7.72. The molecule has 1 unspecified atom stereocenters. The van der Waals surface area contributed by atoms with Gasteiger partial charge in [-0.1, -0.05) is 24.9 Å². The molecule has 1 saturated heterocycles. The first-order valence-electron chi connectivity index (χ1n) is 5.65. The van der Waals surface area contributed by atoms with Gasteiger partial charge in [0.15, 0.2) is 5.15 Å². The molecule has 1 atom stereocenters. The van der Waals surface area contributed by atoms with E-state index in [0.29, 0.717) is 11.2 Å². The first-order valence-corrected chi connectivity index (χ1v) is 6.82. The third kappa shape index (κ3) is 2.55. The average Bonchev–Trinajstić information content (AvgIpc) is 2.32. The highest BCUT2D eigenvalue weighted by molar-refractivity contribution is 9.10. The Labute approximate surface area is 109 Å². The molecule has 3 nitrogen and oxygen atoms in total. The fourth-order valence-corrected chi connectivity index (χ4v) is 2.64. The summed E-state index contributed by atoms with van der Waals surface area (Å²) in [4.78, 5) is 2.45. The van der Waals surface area contributed by atoms with Gasteiger partial charge in [-0.15, -0.1) is 5.10 Å². The number of piperidine rings is 1. The van der Waals surface area contributed by atoms with Crippen molar-refractivity contribution in [1.29, 1.82) is 0 Å². The van der Waals surface area contributed by atoms with Crippen molar-refractivity contribution in [3.8, 4) is 0 Å². The molecule has 1 fully saturated rings. The van der Waals surface area contributed by atoms with E-state index in [4.69, 9.17) is 11.6 Å². The van der Waals surface area contributed by atoms with E-state index in [2.05, 4.69) is 38.0 Å². The van der Waals surface area contributed by atoms with Crippen LogP contribution in [0, 0.1) is 0 Å². The fourth-order valence-electron chi connectivity index (χ4n) is 2.23. The van der Waals surface area contributed by atoms with Crippen LogP contribution in [-0.4, -0.2) is 28.2 Å². The normalized spacial score (nSPS) is 22.3. The average molecular weight is 305 g/mol. The van der Waals surface area contributed by atoms with E-state index in [1.165, 1.54) is 12.8 Å². The fraction of sp³-hybridized carbons (Fsp3) is 0.636. The van der Waals surface area contributed by atoms with Crippen LogP contribution >= 0.6 is 27.5 Å². The standard InChI is InChI=1S/C11H15BrClN3/c1-2-16-6-4-3-5-10(16)9-7-8(12)11(13)15-14-9/h7,10H,2-6H2,1H3. The topological polar surface area (TPSA) is 29.0 Å². The van der Waals surface area contributed by atoms with Crippen molar-refractivity contribution in [3.63, 3.8) is 0 Å². The van der Waals surface area contributed by atoms with E-state index in [0.717, 1.165) is 29.7 Å². The summed E-state index contributed by atoms with van der Waals surface area (Å²) in [5.41, 5.74) is 1.03. The van der Waals surface area contributed by atoms with E-state index in [1.807, 2.05) is 6.07 Å². The Morgan fingerprint density at radius 3 is 3.00 bits per heavy atom. The van der Waals surface area contributed by atoms with Gasteiger partial charge in [0, 0.05) is 0 Å². The lowest BCUT2D eigenvalue weighted by molar-refractivity contribution is 0.153. The SMILES string of the molecule is CCN1CCCCC1c1cc(Br)c(Cl)nn1. The quantitative estimate of drug-likeness (QED) is 0.838. The molecule has 0 radical (unpaired) electrons. The molecule has 5 heteroatoms. The maximum Gasteiger partial charge on any atom is 0.165 e. The number of likely N-dealkylation sites (tertiary alicyclic amines) is 1. The molecule has 1 aliphatic rings. The number of hydrogen-bond donors (Lipinski definition) is 0. The van der Waals surface area contributed by atoms with E-state index in [9.17, 15) is 0 Å². The van der Waals surface area contributed by atoms with Crippen LogP contribution in [-0.2, 0) is 0 Å². The third-order valence-electron chi connectivity index (χ3n) is 3.09. The van der Waals surface area contributed by atoms with Gasteiger partial charge in [0.2, 0.25) is 0 Å². The van der Waals surface area contributed by atoms with E-state index in [-0.39, 0.29) is 0 Å². The Morgan fingerprint density at radius 2 is 2.31 bits per heavy atom. The summed E-state index contributed by atoms with van der Waals surface area (Å²) in [5, 5.41) is 8.60. The second-order valence-electron chi connectivity index (χ2n) is 4.05. The Hall–Kier alpha value is -0.190. The molecule has 0 saturated carbocycles. The largest absolute Gasteiger partial charge is 0.295 e. The Balaban J connectivity index is 2.23. The number of aromatic nitrogens is 2. The minimum atomic E-state index is 0.403. The van der Waals surface area contributed by atoms with Crippen LogP contribution in [0.25, 0.3) is 0 Å². The molecule has 88 valence electrons. The number of nitrogens with zero attached hydrogens (tertiary/aromatic N) is 3. The van der Waals surface area contributed by atoms with Crippen molar-refractivity contribution < 1.29 is 0 Å². The van der Waals surface area contributed by atoms with Gasteiger partial charge in [-0.25, -0.2) is 0 Å². The summed E-state index contributed by atoms with van der Waals surface area (Å²) < 4.78 is 0.834. The van der Waals surface area contributed by atoms with Crippen molar-refractivity contribution in [2.75, 3.05) is 13.1 Å².